The first-order chi connectivity index (χ1) is 16.2. The van der Waals surface area contributed by atoms with E-state index in [9.17, 15) is 0 Å². The number of pyridine rings is 1. The van der Waals surface area contributed by atoms with Crippen LogP contribution in [0.15, 0.2) is 115 Å². The smallest absolute Gasteiger partial charge is 0.111 e. The van der Waals surface area contributed by atoms with Gasteiger partial charge in [-0.25, -0.2) is 4.98 Å². The van der Waals surface area contributed by atoms with Crippen molar-refractivity contribution in [2.45, 2.75) is 13.8 Å². The second kappa shape index (κ2) is 9.09. The van der Waals surface area contributed by atoms with E-state index in [2.05, 4.69) is 75.2 Å². The maximum absolute atomic E-state index is 4.67. The average molecular weight is 428 g/mol. The molecule has 3 nitrogen and oxygen atoms in total. The van der Waals surface area contributed by atoms with Crippen molar-refractivity contribution in [1.82, 2.24) is 14.5 Å². The predicted molar refractivity (Wildman–Crippen MR) is 138 cm³/mol. The fourth-order valence-corrected chi connectivity index (χ4v) is 4.20. The van der Waals surface area contributed by atoms with Crippen LogP contribution < -0.4 is 0 Å². The van der Waals surface area contributed by atoms with Crippen LogP contribution in [0.25, 0.3) is 38.8 Å². The first kappa shape index (κ1) is 20.7. The van der Waals surface area contributed by atoms with E-state index in [1.54, 1.807) is 0 Å². The van der Waals surface area contributed by atoms with E-state index in [1.165, 1.54) is 16.3 Å². The Balaban J connectivity index is 0.000000139. The molecule has 0 aliphatic heterocycles. The highest BCUT2D eigenvalue weighted by Gasteiger charge is 2.07. The summed E-state index contributed by atoms with van der Waals surface area (Å²) in [5.41, 5.74) is 6.67. The molecular formula is C30H25N3. The van der Waals surface area contributed by atoms with E-state index in [4.69, 9.17) is 0 Å². The third-order valence-electron chi connectivity index (χ3n) is 5.66. The van der Waals surface area contributed by atoms with Crippen LogP contribution in [0.1, 0.15) is 11.5 Å². The van der Waals surface area contributed by atoms with E-state index in [0.29, 0.717) is 0 Å². The van der Waals surface area contributed by atoms with Gasteiger partial charge in [0.1, 0.15) is 5.82 Å². The Morgan fingerprint density at radius 2 is 1.24 bits per heavy atom. The maximum Gasteiger partial charge on any atom is 0.111 e. The highest BCUT2D eigenvalue weighted by atomic mass is 15.1. The van der Waals surface area contributed by atoms with Gasteiger partial charge in [-0.05, 0) is 49.6 Å². The summed E-state index contributed by atoms with van der Waals surface area (Å²) in [4.78, 5) is 9.22. The fraction of sp³-hybridized carbons (Fsp3) is 0.0667. The largest absolute Gasteiger partial charge is 0.297 e. The van der Waals surface area contributed by atoms with Gasteiger partial charge < -0.3 is 0 Å². The zero-order valence-electron chi connectivity index (χ0n) is 18.8. The van der Waals surface area contributed by atoms with Gasteiger partial charge in [-0.2, -0.15) is 0 Å². The number of fused-ring (bicyclic) bond motifs is 2. The van der Waals surface area contributed by atoms with Gasteiger partial charge in [0.05, 0.1) is 16.7 Å². The number of aromatic nitrogens is 3. The summed E-state index contributed by atoms with van der Waals surface area (Å²) in [5.74, 6) is 1.02. The van der Waals surface area contributed by atoms with Crippen LogP contribution in [0, 0.1) is 13.8 Å². The van der Waals surface area contributed by atoms with Gasteiger partial charge >= 0.3 is 0 Å². The molecule has 0 aliphatic rings. The Morgan fingerprint density at radius 1 is 0.606 bits per heavy atom. The van der Waals surface area contributed by atoms with Crippen molar-refractivity contribution in [2.24, 2.45) is 0 Å². The van der Waals surface area contributed by atoms with Crippen molar-refractivity contribution < 1.29 is 0 Å². The predicted octanol–water partition coefficient (Wildman–Crippen LogP) is 7.54. The van der Waals surface area contributed by atoms with Crippen LogP contribution in [0.2, 0.25) is 0 Å². The molecule has 6 aromatic rings. The molecule has 0 saturated carbocycles. The Bertz CT molecular complexity index is 1520. The van der Waals surface area contributed by atoms with Gasteiger partial charge in [-0.15, -0.1) is 0 Å². The van der Waals surface area contributed by atoms with Crippen molar-refractivity contribution in [3.8, 4) is 16.9 Å². The Kier molecular flexibility index (Phi) is 5.69. The van der Waals surface area contributed by atoms with E-state index in [-0.39, 0.29) is 0 Å². The zero-order valence-corrected chi connectivity index (χ0v) is 18.8. The Morgan fingerprint density at radius 3 is 2.03 bits per heavy atom. The number of rotatable bonds is 2. The summed E-state index contributed by atoms with van der Waals surface area (Å²) in [7, 11) is 0. The van der Waals surface area contributed by atoms with Crippen LogP contribution in [0.3, 0.4) is 0 Å². The summed E-state index contributed by atoms with van der Waals surface area (Å²) in [6.45, 7) is 4.08. The Labute approximate surface area is 194 Å². The summed E-state index contributed by atoms with van der Waals surface area (Å²) in [6, 6.07) is 39.4. The molecule has 0 unspecified atom stereocenters. The molecule has 160 valence electrons. The van der Waals surface area contributed by atoms with Crippen molar-refractivity contribution in [3.63, 3.8) is 0 Å². The lowest BCUT2D eigenvalue weighted by atomic mass is 10.0. The molecule has 2 heterocycles. The second-order valence-electron chi connectivity index (χ2n) is 8.02. The van der Waals surface area contributed by atoms with Gasteiger partial charge in [-0.1, -0.05) is 84.9 Å². The van der Waals surface area contributed by atoms with Crippen molar-refractivity contribution >= 4 is 21.8 Å². The van der Waals surface area contributed by atoms with Crippen LogP contribution >= 0.6 is 0 Å². The third kappa shape index (κ3) is 4.26. The molecule has 0 amide bonds. The van der Waals surface area contributed by atoms with Crippen LogP contribution in [-0.2, 0) is 0 Å². The van der Waals surface area contributed by atoms with Crippen LogP contribution in [0.5, 0.6) is 0 Å². The SMILES string of the molecule is Cc1cc2ccccc2c(-c2ccccc2)n1.Cc1nc2ccccc2n1-c1ccccc1. The summed E-state index contributed by atoms with van der Waals surface area (Å²) >= 11 is 0. The first-order valence-electron chi connectivity index (χ1n) is 11.1. The van der Waals surface area contributed by atoms with E-state index in [1.807, 2.05) is 68.4 Å². The number of hydrogen-bond acceptors (Lipinski definition) is 2. The number of aryl methyl sites for hydroxylation is 2. The lowest BCUT2D eigenvalue weighted by molar-refractivity contribution is 1.00. The number of hydrogen-bond donors (Lipinski definition) is 0. The van der Waals surface area contributed by atoms with Crippen LogP contribution in [0.4, 0.5) is 0 Å². The van der Waals surface area contributed by atoms with E-state index >= 15 is 0 Å². The number of benzene rings is 4. The monoisotopic (exact) mass is 427 g/mol. The molecule has 0 saturated heterocycles. The summed E-state index contributed by atoms with van der Waals surface area (Å²) < 4.78 is 2.18. The topological polar surface area (TPSA) is 30.7 Å². The van der Waals surface area contributed by atoms with Crippen LogP contribution in [-0.4, -0.2) is 14.5 Å². The minimum atomic E-state index is 1.02. The molecule has 0 aliphatic carbocycles. The van der Waals surface area contributed by atoms with Crippen molar-refractivity contribution in [2.75, 3.05) is 0 Å². The van der Waals surface area contributed by atoms with Crippen molar-refractivity contribution in [1.29, 1.82) is 0 Å². The number of imidazole rings is 1. The minimum absolute atomic E-state index is 1.02. The normalized spacial score (nSPS) is 10.7. The fourth-order valence-electron chi connectivity index (χ4n) is 4.20. The highest BCUT2D eigenvalue weighted by molar-refractivity contribution is 5.94. The number of nitrogens with zero attached hydrogens (tertiary/aromatic N) is 3. The third-order valence-corrected chi connectivity index (χ3v) is 5.66. The lowest BCUT2D eigenvalue weighted by Gasteiger charge is -2.07. The quantitative estimate of drug-likeness (QED) is 0.286. The van der Waals surface area contributed by atoms with Gasteiger partial charge in [-0.3, -0.25) is 9.55 Å². The van der Waals surface area contributed by atoms with Gasteiger partial charge in [0.2, 0.25) is 0 Å². The van der Waals surface area contributed by atoms with Gasteiger partial charge in [0.15, 0.2) is 0 Å². The second-order valence-corrected chi connectivity index (χ2v) is 8.02. The van der Waals surface area contributed by atoms with E-state index < -0.39 is 0 Å². The molecule has 0 radical (unpaired) electrons. The minimum Gasteiger partial charge on any atom is -0.297 e. The molecular weight excluding hydrogens is 402 g/mol. The lowest BCUT2D eigenvalue weighted by Crippen LogP contribution is -1.95. The molecule has 2 aromatic heterocycles. The summed E-state index contributed by atoms with van der Waals surface area (Å²) in [6.07, 6.45) is 0. The molecule has 0 bridgehead atoms. The molecule has 0 fully saturated rings. The molecule has 4 aromatic carbocycles. The zero-order chi connectivity index (χ0) is 22.6. The van der Waals surface area contributed by atoms with E-state index in [0.717, 1.165) is 33.9 Å². The molecule has 6 rings (SSSR count). The Hall–Kier alpha value is -4.24. The van der Waals surface area contributed by atoms with Gasteiger partial charge in [0, 0.05) is 22.3 Å². The maximum atomic E-state index is 4.67. The molecule has 0 N–H and O–H groups in total. The standard InChI is InChI=1S/C16H13N.C14H12N2/c1-12-11-14-9-5-6-10-15(14)16(17-12)13-7-3-2-4-8-13;1-11-15-13-9-5-6-10-14(13)16(11)12-7-3-2-4-8-12/h2-11H,1H3;2-10H,1H3. The average Bonchev–Trinajstić information content (AvgIpc) is 3.20. The number of para-hydroxylation sites is 3. The first-order valence-corrected chi connectivity index (χ1v) is 11.1. The molecule has 3 heteroatoms. The molecule has 33 heavy (non-hydrogen) atoms. The molecule has 0 spiro atoms. The summed E-state index contributed by atoms with van der Waals surface area (Å²) in [5, 5.41) is 2.46. The molecule has 0 atom stereocenters. The highest BCUT2D eigenvalue weighted by Crippen LogP contribution is 2.27. The van der Waals surface area contributed by atoms with Gasteiger partial charge in [0.25, 0.3) is 0 Å². The van der Waals surface area contributed by atoms with Crippen molar-refractivity contribution in [3.05, 3.63) is 127 Å².